The maximum atomic E-state index is 5.82. The van der Waals surface area contributed by atoms with Gasteiger partial charge in [-0.3, -0.25) is 0 Å². The summed E-state index contributed by atoms with van der Waals surface area (Å²) in [5.41, 5.74) is 4.39. The van der Waals surface area contributed by atoms with Crippen LogP contribution in [-0.2, 0) is 0 Å². The number of allylic oxidation sites excluding steroid dienone is 1. The van der Waals surface area contributed by atoms with Crippen LogP contribution in [0, 0.1) is 6.92 Å². The first kappa shape index (κ1) is 10.2. The summed E-state index contributed by atoms with van der Waals surface area (Å²) in [6.07, 6.45) is 4.16. The quantitative estimate of drug-likeness (QED) is 0.569. The summed E-state index contributed by atoms with van der Waals surface area (Å²) in [4.78, 5) is 0. The van der Waals surface area contributed by atoms with Gasteiger partial charge in [0.1, 0.15) is 11.2 Å². The molecule has 0 aliphatic heterocycles. The number of rotatable bonds is 1. The molecule has 0 radical (unpaired) electrons. The first-order chi connectivity index (χ1) is 8.28. The highest BCUT2D eigenvalue weighted by Crippen LogP contribution is 2.30. The van der Waals surface area contributed by atoms with E-state index >= 15 is 0 Å². The maximum absolute atomic E-state index is 5.82. The molecule has 0 bridgehead atoms. The SMILES string of the molecule is C/C=C/c1ccc2oc3ccc(C)cc3c2c1. The van der Waals surface area contributed by atoms with Gasteiger partial charge in [-0.05, 0) is 43.7 Å². The largest absolute Gasteiger partial charge is 0.456 e. The van der Waals surface area contributed by atoms with E-state index in [-0.39, 0.29) is 0 Å². The van der Waals surface area contributed by atoms with Gasteiger partial charge < -0.3 is 4.42 Å². The van der Waals surface area contributed by atoms with Crippen LogP contribution in [0.15, 0.2) is 46.9 Å². The van der Waals surface area contributed by atoms with Gasteiger partial charge in [0.25, 0.3) is 0 Å². The normalized spacial score (nSPS) is 11.9. The van der Waals surface area contributed by atoms with Crippen molar-refractivity contribution in [3.05, 3.63) is 53.6 Å². The Bertz CT molecular complexity index is 717. The second-order valence-electron chi connectivity index (χ2n) is 4.36. The highest BCUT2D eigenvalue weighted by Gasteiger charge is 2.06. The Balaban J connectivity index is 2.39. The fraction of sp³-hybridized carbons (Fsp3) is 0.125. The van der Waals surface area contributed by atoms with E-state index in [1.165, 1.54) is 21.9 Å². The summed E-state index contributed by atoms with van der Waals surface area (Å²) >= 11 is 0. The molecule has 1 heterocycles. The Labute approximate surface area is 100 Å². The summed E-state index contributed by atoms with van der Waals surface area (Å²) in [6, 6.07) is 12.6. The van der Waals surface area contributed by atoms with Gasteiger partial charge in [0.15, 0.2) is 0 Å². The van der Waals surface area contributed by atoms with Gasteiger partial charge in [0, 0.05) is 10.8 Å². The van der Waals surface area contributed by atoms with Crippen LogP contribution in [0.5, 0.6) is 0 Å². The number of aryl methyl sites for hydroxylation is 1. The molecule has 0 N–H and O–H groups in total. The van der Waals surface area contributed by atoms with E-state index in [0.717, 1.165) is 11.2 Å². The maximum Gasteiger partial charge on any atom is 0.135 e. The van der Waals surface area contributed by atoms with Crippen molar-refractivity contribution in [2.75, 3.05) is 0 Å². The standard InChI is InChI=1S/C16H14O/c1-3-4-12-6-8-16-14(10-12)13-9-11(2)5-7-15(13)17-16/h3-10H,1-2H3/b4-3+. The predicted octanol–water partition coefficient (Wildman–Crippen LogP) is 4.93. The van der Waals surface area contributed by atoms with Gasteiger partial charge in [-0.15, -0.1) is 0 Å². The molecule has 1 nitrogen and oxygen atoms in total. The average molecular weight is 222 g/mol. The average Bonchev–Trinajstić information content (AvgIpc) is 2.67. The lowest BCUT2D eigenvalue weighted by molar-refractivity contribution is 0.669. The minimum absolute atomic E-state index is 0.957. The molecule has 2 aromatic carbocycles. The highest BCUT2D eigenvalue weighted by atomic mass is 16.3. The molecule has 0 spiro atoms. The molecule has 0 saturated carbocycles. The molecule has 17 heavy (non-hydrogen) atoms. The molecule has 0 atom stereocenters. The van der Waals surface area contributed by atoms with Gasteiger partial charge in [-0.1, -0.05) is 29.8 Å². The van der Waals surface area contributed by atoms with E-state index in [0.29, 0.717) is 0 Å². The van der Waals surface area contributed by atoms with Gasteiger partial charge >= 0.3 is 0 Å². The molecule has 0 aliphatic carbocycles. The summed E-state index contributed by atoms with van der Waals surface area (Å²) in [5.74, 6) is 0. The van der Waals surface area contributed by atoms with Crippen LogP contribution >= 0.6 is 0 Å². The molecule has 1 heteroatoms. The summed E-state index contributed by atoms with van der Waals surface area (Å²) < 4.78 is 5.82. The van der Waals surface area contributed by atoms with Gasteiger partial charge in [-0.2, -0.15) is 0 Å². The van der Waals surface area contributed by atoms with Gasteiger partial charge in [0.2, 0.25) is 0 Å². The van der Waals surface area contributed by atoms with Crippen molar-refractivity contribution in [2.24, 2.45) is 0 Å². The summed E-state index contributed by atoms with van der Waals surface area (Å²) in [7, 11) is 0. The molecule has 1 aromatic heterocycles. The third-order valence-electron chi connectivity index (χ3n) is 3.01. The minimum atomic E-state index is 0.957. The lowest BCUT2D eigenvalue weighted by atomic mass is 10.1. The van der Waals surface area contributed by atoms with Crippen LogP contribution in [0.25, 0.3) is 28.0 Å². The fourth-order valence-electron chi connectivity index (χ4n) is 2.20. The van der Waals surface area contributed by atoms with E-state index in [1.54, 1.807) is 0 Å². The van der Waals surface area contributed by atoms with Crippen LogP contribution < -0.4 is 0 Å². The number of fused-ring (bicyclic) bond motifs is 3. The molecular formula is C16H14O. The molecule has 3 aromatic rings. The minimum Gasteiger partial charge on any atom is -0.456 e. The lowest BCUT2D eigenvalue weighted by Crippen LogP contribution is -1.73. The van der Waals surface area contributed by atoms with Crippen LogP contribution in [0.4, 0.5) is 0 Å². The molecule has 0 fully saturated rings. The van der Waals surface area contributed by atoms with Crippen LogP contribution in [0.3, 0.4) is 0 Å². The summed E-state index contributed by atoms with van der Waals surface area (Å²) in [6.45, 7) is 4.13. The van der Waals surface area contributed by atoms with Crippen molar-refractivity contribution in [2.45, 2.75) is 13.8 Å². The monoisotopic (exact) mass is 222 g/mol. The van der Waals surface area contributed by atoms with Crippen molar-refractivity contribution < 1.29 is 4.42 Å². The number of hydrogen-bond acceptors (Lipinski definition) is 1. The Kier molecular flexibility index (Phi) is 2.25. The van der Waals surface area contributed by atoms with Crippen molar-refractivity contribution in [1.29, 1.82) is 0 Å². The zero-order valence-corrected chi connectivity index (χ0v) is 10.0. The van der Waals surface area contributed by atoms with Crippen LogP contribution in [0.2, 0.25) is 0 Å². The van der Waals surface area contributed by atoms with Crippen molar-refractivity contribution in [3.8, 4) is 0 Å². The Morgan fingerprint density at radius 1 is 0.941 bits per heavy atom. The van der Waals surface area contributed by atoms with E-state index in [9.17, 15) is 0 Å². The van der Waals surface area contributed by atoms with Crippen molar-refractivity contribution >= 4 is 28.0 Å². The number of hydrogen-bond donors (Lipinski definition) is 0. The predicted molar refractivity (Wildman–Crippen MR) is 73.2 cm³/mol. The van der Waals surface area contributed by atoms with E-state index in [4.69, 9.17) is 4.42 Å². The Hall–Kier alpha value is -2.02. The molecule has 3 rings (SSSR count). The first-order valence-corrected chi connectivity index (χ1v) is 5.83. The third kappa shape index (κ3) is 1.64. The van der Waals surface area contributed by atoms with Crippen LogP contribution in [-0.4, -0.2) is 0 Å². The molecule has 0 amide bonds. The Morgan fingerprint density at radius 2 is 1.65 bits per heavy atom. The number of furan rings is 1. The second-order valence-corrected chi connectivity index (χ2v) is 4.36. The van der Waals surface area contributed by atoms with E-state index in [2.05, 4.69) is 43.3 Å². The first-order valence-electron chi connectivity index (χ1n) is 5.83. The fourth-order valence-corrected chi connectivity index (χ4v) is 2.20. The second kappa shape index (κ2) is 3.77. The molecule has 0 unspecified atom stereocenters. The number of benzene rings is 2. The van der Waals surface area contributed by atoms with Gasteiger partial charge in [0.05, 0.1) is 0 Å². The highest BCUT2D eigenvalue weighted by molar-refractivity contribution is 6.05. The topological polar surface area (TPSA) is 13.1 Å². The van der Waals surface area contributed by atoms with E-state index in [1.807, 2.05) is 19.1 Å². The van der Waals surface area contributed by atoms with Crippen LogP contribution in [0.1, 0.15) is 18.1 Å². The molecule has 84 valence electrons. The Morgan fingerprint density at radius 3 is 2.41 bits per heavy atom. The smallest absolute Gasteiger partial charge is 0.135 e. The van der Waals surface area contributed by atoms with E-state index < -0.39 is 0 Å². The lowest BCUT2D eigenvalue weighted by Gasteiger charge is -1.94. The zero-order valence-electron chi connectivity index (χ0n) is 10.0. The van der Waals surface area contributed by atoms with Crippen molar-refractivity contribution in [1.82, 2.24) is 0 Å². The molecular weight excluding hydrogens is 208 g/mol. The molecule has 0 aliphatic rings. The van der Waals surface area contributed by atoms with Gasteiger partial charge in [-0.25, -0.2) is 0 Å². The van der Waals surface area contributed by atoms with Crippen molar-refractivity contribution in [3.63, 3.8) is 0 Å². The zero-order chi connectivity index (χ0) is 11.8. The summed E-state index contributed by atoms with van der Waals surface area (Å²) in [5, 5.41) is 2.39. The molecule has 0 saturated heterocycles. The third-order valence-corrected chi connectivity index (χ3v) is 3.01.